The van der Waals surface area contributed by atoms with Crippen molar-refractivity contribution in [1.82, 2.24) is 15.0 Å². The molecule has 0 spiro atoms. The normalized spacial score (nSPS) is 15.5. The molecule has 3 aromatic rings. The number of nitrogens with one attached hydrogen (secondary N) is 1. The van der Waals surface area contributed by atoms with Crippen LogP contribution in [0.5, 0.6) is 0 Å². The molecular weight excluding hydrogens is 383 g/mol. The second-order valence-corrected chi connectivity index (χ2v) is 6.98. The zero-order valence-electron chi connectivity index (χ0n) is 16.1. The van der Waals surface area contributed by atoms with Gasteiger partial charge in [-0.3, -0.25) is 10.2 Å². The highest BCUT2D eigenvalue weighted by Crippen LogP contribution is 2.33. The third kappa shape index (κ3) is 4.13. The molecule has 1 aliphatic heterocycles. The molecule has 1 amide bonds. The molecule has 1 aromatic heterocycles. The van der Waals surface area contributed by atoms with Crippen LogP contribution in [0.15, 0.2) is 64.9 Å². The highest BCUT2D eigenvalue weighted by atomic mass is 19.1. The molecule has 7 heteroatoms. The van der Waals surface area contributed by atoms with Crippen LogP contribution in [0.3, 0.4) is 0 Å². The zero-order valence-corrected chi connectivity index (χ0v) is 16.1. The highest BCUT2D eigenvalue weighted by molar-refractivity contribution is 5.90. The third-order valence-electron chi connectivity index (χ3n) is 5.07. The number of amides is 1. The van der Waals surface area contributed by atoms with Crippen molar-refractivity contribution in [2.45, 2.75) is 25.3 Å². The molecular formula is C23H19FN4O2. The molecule has 0 aliphatic carbocycles. The van der Waals surface area contributed by atoms with Gasteiger partial charge in [0.25, 0.3) is 5.89 Å². The molecule has 30 heavy (non-hydrogen) atoms. The van der Waals surface area contributed by atoms with Crippen LogP contribution in [0.25, 0.3) is 17.0 Å². The van der Waals surface area contributed by atoms with E-state index in [1.807, 2.05) is 30.3 Å². The first-order valence-corrected chi connectivity index (χ1v) is 9.63. The minimum absolute atomic E-state index is 0.0252. The molecule has 1 N–H and O–H groups in total. The Hall–Kier alpha value is -3.79. The maximum atomic E-state index is 13.2. The van der Waals surface area contributed by atoms with Gasteiger partial charge < -0.3 is 9.42 Å². The summed E-state index contributed by atoms with van der Waals surface area (Å²) < 4.78 is 18.6. The summed E-state index contributed by atoms with van der Waals surface area (Å²) >= 11 is 0. The zero-order chi connectivity index (χ0) is 20.9. The van der Waals surface area contributed by atoms with Crippen molar-refractivity contribution in [2.24, 2.45) is 0 Å². The second-order valence-electron chi connectivity index (χ2n) is 6.98. The van der Waals surface area contributed by atoms with Crippen LogP contribution in [0.2, 0.25) is 0 Å². The molecule has 2 heterocycles. The van der Waals surface area contributed by atoms with Gasteiger partial charge in [-0.25, -0.2) is 4.39 Å². The van der Waals surface area contributed by atoms with Gasteiger partial charge in [-0.15, -0.1) is 0 Å². The lowest BCUT2D eigenvalue weighted by Crippen LogP contribution is -2.31. The van der Waals surface area contributed by atoms with E-state index >= 15 is 0 Å². The number of likely N-dealkylation sites (tertiary alicyclic amines) is 1. The molecule has 1 aliphatic rings. The van der Waals surface area contributed by atoms with Crippen LogP contribution in [-0.2, 0) is 4.79 Å². The molecule has 1 atom stereocenters. The summed E-state index contributed by atoms with van der Waals surface area (Å²) in [6.45, 7) is 0.587. The van der Waals surface area contributed by atoms with Crippen molar-refractivity contribution in [3.8, 4) is 11.5 Å². The minimum atomic E-state index is -0.366. The van der Waals surface area contributed by atoms with E-state index in [9.17, 15) is 9.18 Å². The van der Waals surface area contributed by atoms with Gasteiger partial charge in [0.15, 0.2) is 5.82 Å². The van der Waals surface area contributed by atoms with Crippen LogP contribution >= 0.6 is 0 Å². The van der Waals surface area contributed by atoms with Gasteiger partial charge in [0, 0.05) is 23.6 Å². The molecule has 0 bridgehead atoms. The van der Waals surface area contributed by atoms with Gasteiger partial charge >= 0.3 is 0 Å². The Labute approximate surface area is 172 Å². The van der Waals surface area contributed by atoms with Crippen LogP contribution in [-0.4, -0.2) is 33.4 Å². The quantitative estimate of drug-likeness (QED) is 0.506. The molecule has 150 valence electrons. The molecule has 2 aromatic carbocycles. The molecule has 0 radical (unpaired) electrons. The SMILES string of the molecule is N=C=C=C(CC(=O)N1CCC[C@H]1c1noc(-c2ccccc2)n1)c1ccc(F)cc1. The van der Waals surface area contributed by atoms with E-state index in [1.165, 1.54) is 12.1 Å². The predicted octanol–water partition coefficient (Wildman–Crippen LogP) is 4.42. The fourth-order valence-electron chi connectivity index (χ4n) is 3.60. The number of benzene rings is 2. The first-order valence-electron chi connectivity index (χ1n) is 9.63. The summed E-state index contributed by atoms with van der Waals surface area (Å²) in [5, 5.41) is 11.3. The monoisotopic (exact) mass is 402 g/mol. The second kappa shape index (κ2) is 8.70. The Kier molecular flexibility index (Phi) is 5.66. The number of carbonyl (C=O) groups is 1. The lowest BCUT2D eigenvalue weighted by Gasteiger charge is -2.22. The van der Waals surface area contributed by atoms with Gasteiger partial charge in [-0.2, -0.15) is 4.98 Å². The van der Waals surface area contributed by atoms with Crippen molar-refractivity contribution in [2.75, 3.05) is 6.54 Å². The average molecular weight is 402 g/mol. The van der Waals surface area contributed by atoms with E-state index in [2.05, 4.69) is 21.7 Å². The Balaban J connectivity index is 1.54. The van der Waals surface area contributed by atoms with Gasteiger partial charge in [0.1, 0.15) is 5.82 Å². The summed E-state index contributed by atoms with van der Waals surface area (Å²) in [4.78, 5) is 19.3. The molecule has 6 nitrogen and oxygen atoms in total. The molecule has 4 rings (SSSR count). The maximum absolute atomic E-state index is 13.2. The smallest absolute Gasteiger partial charge is 0.257 e. The van der Waals surface area contributed by atoms with Crippen molar-refractivity contribution in [3.63, 3.8) is 0 Å². The first-order chi connectivity index (χ1) is 14.7. The number of nitrogens with zero attached hydrogens (tertiary/aromatic N) is 3. The standard InChI is InChI=1S/C23H19FN4O2/c24-19-10-8-16(9-11-19)18(12-13-25)15-21(29)28-14-4-7-20(28)22-26-23(30-27-22)17-5-2-1-3-6-17/h1-3,5-6,8-11,20,25H,4,7,14-15H2/t20-/m0/s1. The van der Waals surface area contributed by atoms with Gasteiger partial charge in [0.05, 0.1) is 12.5 Å². The predicted molar refractivity (Wildman–Crippen MR) is 109 cm³/mol. The van der Waals surface area contributed by atoms with Crippen molar-refractivity contribution in [3.05, 3.63) is 77.5 Å². The van der Waals surface area contributed by atoms with Crippen LogP contribution in [0, 0.1) is 11.2 Å². The number of hydrogen-bond donors (Lipinski definition) is 1. The van der Waals surface area contributed by atoms with Crippen LogP contribution < -0.4 is 0 Å². The molecule has 1 fully saturated rings. The number of aromatic nitrogens is 2. The van der Waals surface area contributed by atoms with Crippen LogP contribution in [0.1, 0.15) is 36.7 Å². The van der Waals surface area contributed by atoms with Crippen molar-refractivity contribution in [1.29, 1.82) is 5.41 Å². The Morgan fingerprint density at radius 1 is 1.20 bits per heavy atom. The fourth-order valence-corrected chi connectivity index (χ4v) is 3.60. The van der Waals surface area contributed by atoms with E-state index in [4.69, 9.17) is 9.93 Å². The topological polar surface area (TPSA) is 83.1 Å². The molecule has 1 saturated heterocycles. The molecule has 0 saturated carbocycles. The summed E-state index contributed by atoms with van der Waals surface area (Å²) in [6.07, 6.45) is 1.61. The Morgan fingerprint density at radius 2 is 1.97 bits per heavy atom. The summed E-state index contributed by atoms with van der Waals surface area (Å²) in [5.41, 5.74) is 4.61. The van der Waals surface area contributed by atoms with E-state index in [0.29, 0.717) is 29.4 Å². The lowest BCUT2D eigenvalue weighted by molar-refractivity contribution is -0.131. The third-order valence-corrected chi connectivity index (χ3v) is 5.07. The fraction of sp³-hybridized carbons (Fsp3) is 0.217. The van der Waals surface area contributed by atoms with E-state index in [1.54, 1.807) is 17.0 Å². The highest BCUT2D eigenvalue weighted by Gasteiger charge is 2.33. The number of hydrogen-bond acceptors (Lipinski definition) is 5. The first kappa shape index (κ1) is 19.5. The Morgan fingerprint density at radius 3 is 2.70 bits per heavy atom. The van der Waals surface area contributed by atoms with Gasteiger partial charge in [-0.1, -0.05) is 35.5 Å². The largest absolute Gasteiger partial charge is 0.334 e. The number of rotatable bonds is 5. The average Bonchev–Trinajstić information content (AvgIpc) is 3.44. The maximum Gasteiger partial charge on any atom is 0.257 e. The summed E-state index contributed by atoms with van der Waals surface area (Å²) in [6, 6.07) is 15.0. The minimum Gasteiger partial charge on any atom is -0.334 e. The number of carbonyl (C=O) groups excluding carboxylic acids is 1. The van der Waals surface area contributed by atoms with Crippen molar-refractivity contribution < 1.29 is 13.7 Å². The summed E-state index contributed by atoms with van der Waals surface area (Å²) in [5.74, 6) is 2.50. The van der Waals surface area contributed by atoms with Crippen LogP contribution in [0.4, 0.5) is 4.39 Å². The summed E-state index contributed by atoms with van der Waals surface area (Å²) in [7, 11) is 0. The lowest BCUT2D eigenvalue weighted by atomic mass is 10.0. The van der Waals surface area contributed by atoms with Crippen molar-refractivity contribution >= 4 is 17.4 Å². The Bertz CT molecular complexity index is 1130. The molecule has 0 unspecified atom stereocenters. The van der Waals surface area contributed by atoms with E-state index in [-0.39, 0.29) is 24.2 Å². The van der Waals surface area contributed by atoms with E-state index < -0.39 is 0 Å². The van der Waals surface area contributed by atoms with Gasteiger partial charge in [-0.05, 0) is 48.4 Å². The van der Waals surface area contributed by atoms with E-state index in [0.717, 1.165) is 18.4 Å². The number of halogens is 1. The van der Waals surface area contributed by atoms with Gasteiger partial charge in [0.2, 0.25) is 5.91 Å².